The molecular formula is C22H26. The molecule has 0 N–H and O–H groups in total. The Bertz CT molecular complexity index is 601. The van der Waals surface area contributed by atoms with Gasteiger partial charge in [0.25, 0.3) is 0 Å². The molecule has 22 heavy (non-hydrogen) atoms. The summed E-state index contributed by atoms with van der Waals surface area (Å²) in [5, 5.41) is 0. The van der Waals surface area contributed by atoms with Gasteiger partial charge in [0.2, 0.25) is 0 Å². The summed E-state index contributed by atoms with van der Waals surface area (Å²) in [5.41, 5.74) is 3.98. The van der Waals surface area contributed by atoms with Crippen LogP contribution in [0.1, 0.15) is 44.6 Å². The molecule has 0 unspecified atom stereocenters. The van der Waals surface area contributed by atoms with Crippen molar-refractivity contribution in [2.24, 2.45) is 11.8 Å². The Morgan fingerprint density at radius 1 is 0.864 bits per heavy atom. The fraction of sp³-hybridized carbons (Fsp3) is 0.364. The molecule has 1 aliphatic rings. The van der Waals surface area contributed by atoms with Crippen LogP contribution < -0.4 is 0 Å². The third kappa shape index (κ3) is 3.68. The summed E-state index contributed by atoms with van der Waals surface area (Å²) in [4.78, 5) is 0. The summed E-state index contributed by atoms with van der Waals surface area (Å²) in [7, 11) is 0. The molecule has 0 nitrogen and oxygen atoms in total. The van der Waals surface area contributed by atoms with E-state index in [2.05, 4.69) is 73.7 Å². The van der Waals surface area contributed by atoms with Crippen molar-refractivity contribution in [3.05, 3.63) is 66.2 Å². The first kappa shape index (κ1) is 15.1. The zero-order valence-electron chi connectivity index (χ0n) is 13.5. The summed E-state index contributed by atoms with van der Waals surface area (Å²) < 4.78 is 0. The molecule has 0 saturated heterocycles. The lowest BCUT2D eigenvalue weighted by atomic mass is 9.80. The fourth-order valence-corrected chi connectivity index (χ4v) is 3.55. The summed E-state index contributed by atoms with van der Waals surface area (Å²) in [6.45, 7) is 2.33. The lowest BCUT2D eigenvalue weighted by Gasteiger charge is -2.25. The maximum atomic E-state index is 2.45. The molecule has 1 fully saturated rings. The minimum Gasteiger partial charge on any atom is -0.0808 e. The highest BCUT2D eigenvalue weighted by Crippen LogP contribution is 2.32. The van der Waals surface area contributed by atoms with E-state index in [4.69, 9.17) is 0 Å². The number of hydrogen-bond donors (Lipinski definition) is 0. The van der Waals surface area contributed by atoms with Crippen LogP contribution in [-0.2, 0) is 0 Å². The topological polar surface area (TPSA) is 0 Å². The highest BCUT2D eigenvalue weighted by molar-refractivity contribution is 5.75. The van der Waals surface area contributed by atoms with E-state index < -0.39 is 0 Å². The first-order chi connectivity index (χ1) is 10.9. The molecule has 2 aromatic rings. The Hall–Kier alpha value is -1.82. The van der Waals surface area contributed by atoms with E-state index >= 15 is 0 Å². The largest absolute Gasteiger partial charge is 0.0808 e. The van der Waals surface area contributed by atoms with Gasteiger partial charge < -0.3 is 0 Å². The summed E-state index contributed by atoms with van der Waals surface area (Å²) in [6.07, 6.45) is 11.7. The summed E-state index contributed by atoms with van der Waals surface area (Å²) in [5.74, 6) is 1.74. The molecule has 0 spiro atoms. The number of hydrogen-bond acceptors (Lipinski definition) is 0. The van der Waals surface area contributed by atoms with Crippen LogP contribution in [0.15, 0.2) is 60.7 Å². The molecule has 114 valence electrons. The third-order valence-electron chi connectivity index (χ3n) is 5.06. The van der Waals surface area contributed by atoms with Crippen molar-refractivity contribution in [1.82, 2.24) is 0 Å². The second-order valence-electron chi connectivity index (χ2n) is 6.50. The van der Waals surface area contributed by atoms with Gasteiger partial charge in [-0.15, -0.1) is 0 Å². The third-order valence-corrected chi connectivity index (χ3v) is 5.06. The molecular weight excluding hydrogens is 264 g/mol. The van der Waals surface area contributed by atoms with Gasteiger partial charge in [-0.3, -0.25) is 0 Å². The van der Waals surface area contributed by atoms with Crippen molar-refractivity contribution in [2.45, 2.75) is 39.0 Å². The molecule has 0 aliphatic heterocycles. The molecule has 1 aliphatic carbocycles. The zero-order valence-corrected chi connectivity index (χ0v) is 13.5. The summed E-state index contributed by atoms with van der Waals surface area (Å²) >= 11 is 0. The number of benzene rings is 2. The van der Waals surface area contributed by atoms with Gasteiger partial charge in [0.05, 0.1) is 0 Å². The smallest absolute Gasteiger partial charge is 0.0112 e. The number of allylic oxidation sites excluding steroid dienone is 1. The monoisotopic (exact) mass is 290 g/mol. The SMILES string of the molecule is CCC1CCC(C=Cc2ccccc2-c2ccccc2)CC1. The van der Waals surface area contributed by atoms with Crippen molar-refractivity contribution in [3.8, 4) is 11.1 Å². The van der Waals surface area contributed by atoms with Gasteiger partial charge in [-0.25, -0.2) is 0 Å². The van der Waals surface area contributed by atoms with Crippen LogP contribution >= 0.6 is 0 Å². The highest BCUT2D eigenvalue weighted by Gasteiger charge is 2.17. The van der Waals surface area contributed by atoms with E-state index in [1.165, 1.54) is 48.8 Å². The molecule has 0 aromatic heterocycles. The Morgan fingerprint density at radius 2 is 1.55 bits per heavy atom. The van der Waals surface area contributed by atoms with Gasteiger partial charge in [0.1, 0.15) is 0 Å². The number of rotatable bonds is 4. The Morgan fingerprint density at radius 3 is 2.27 bits per heavy atom. The summed E-state index contributed by atoms with van der Waals surface area (Å²) in [6, 6.07) is 19.4. The molecule has 3 rings (SSSR count). The van der Waals surface area contributed by atoms with Crippen LogP contribution in [0.4, 0.5) is 0 Å². The van der Waals surface area contributed by atoms with E-state index in [0.29, 0.717) is 0 Å². The second kappa shape index (κ2) is 7.45. The Kier molecular flexibility index (Phi) is 5.11. The minimum atomic E-state index is 0.770. The van der Waals surface area contributed by atoms with Gasteiger partial charge >= 0.3 is 0 Å². The van der Waals surface area contributed by atoms with Gasteiger partial charge in [-0.1, -0.05) is 80.1 Å². The molecule has 0 amide bonds. The molecule has 0 bridgehead atoms. The fourth-order valence-electron chi connectivity index (χ4n) is 3.55. The van der Waals surface area contributed by atoms with Crippen molar-refractivity contribution in [2.75, 3.05) is 0 Å². The molecule has 1 saturated carbocycles. The standard InChI is InChI=1S/C22H26/c1-2-18-12-14-19(15-13-18)16-17-21-10-6-7-11-22(21)20-8-4-3-5-9-20/h3-11,16-19H,2,12-15H2,1H3. The molecule has 0 atom stereocenters. The van der Waals surface area contributed by atoms with Crippen molar-refractivity contribution in [1.29, 1.82) is 0 Å². The van der Waals surface area contributed by atoms with Crippen molar-refractivity contribution < 1.29 is 0 Å². The van der Waals surface area contributed by atoms with Crippen LogP contribution in [0.5, 0.6) is 0 Å². The quantitative estimate of drug-likeness (QED) is 0.596. The van der Waals surface area contributed by atoms with E-state index in [1.807, 2.05) is 0 Å². The maximum Gasteiger partial charge on any atom is -0.0112 e. The predicted molar refractivity (Wildman–Crippen MR) is 96.7 cm³/mol. The minimum absolute atomic E-state index is 0.770. The van der Waals surface area contributed by atoms with E-state index in [0.717, 1.165) is 11.8 Å². The zero-order chi connectivity index (χ0) is 15.2. The molecule has 0 radical (unpaired) electrons. The van der Waals surface area contributed by atoms with Crippen LogP contribution in [0.3, 0.4) is 0 Å². The Balaban J connectivity index is 1.75. The Labute approximate surface area is 134 Å². The van der Waals surface area contributed by atoms with Crippen molar-refractivity contribution in [3.63, 3.8) is 0 Å². The average Bonchev–Trinajstić information content (AvgIpc) is 2.61. The first-order valence-corrected chi connectivity index (χ1v) is 8.69. The lowest BCUT2D eigenvalue weighted by molar-refractivity contribution is 0.304. The van der Waals surface area contributed by atoms with Crippen LogP contribution in [0.2, 0.25) is 0 Å². The van der Waals surface area contributed by atoms with Gasteiger partial charge in [-0.05, 0) is 54.2 Å². The normalized spacial score (nSPS) is 22.0. The van der Waals surface area contributed by atoms with Crippen LogP contribution in [-0.4, -0.2) is 0 Å². The first-order valence-electron chi connectivity index (χ1n) is 8.69. The van der Waals surface area contributed by atoms with Crippen LogP contribution in [0.25, 0.3) is 17.2 Å². The van der Waals surface area contributed by atoms with Gasteiger partial charge in [-0.2, -0.15) is 0 Å². The van der Waals surface area contributed by atoms with Crippen molar-refractivity contribution >= 4 is 6.08 Å². The van der Waals surface area contributed by atoms with E-state index in [9.17, 15) is 0 Å². The van der Waals surface area contributed by atoms with Gasteiger partial charge in [0.15, 0.2) is 0 Å². The molecule has 0 heterocycles. The van der Waals surface area contributed by atoms with Crippen LogP contribution in [0, 0.1) is 11.8 Å². The molecule has 2 aromatic carbocycles. The average molecular weight is 290 g/mol. The molecule has 0 heteroatoms. The van der Waals surface area contributed by atoms with E-state index in [-0.39, 0.29) is 0 Å². The second-order valence-corrected chi connectivity index (χ2v) is 6.50. The maximum absolute atomic E-state index is 2.45. The highest BCUT2D eigenvalue weighted by atomic mass is 14.2. The lowest BCUT2D eigenvalue weighted by Crippen LogP contribution is -2.11. The van der Waals surface area contributed by atoms with E-state index in [1.54, 1.807) is 0 Å². The predicted octanol–water partition coefficient (Wildman–Crippen LogP) is 6.58. The van der Waals surface area contributed by atoms with Gasteiger partial charge in [0, 0.05) is 0 Å².